The molecule has 1 saturated heterocycles. The van der Waals surface area contributed by atoms with E-state index >= 15 is 0 Å². The van der Waals surface area contributed by atoms with Crippen molar-refractivity contribution in [3.8, 4) is 0 Å². The van der Waals surface area contributed by atoms with Crippen LogP contribution >= 0.6 is 0 Å². The SMILES string of the molecule is CN1CCN(C(=NC2CCCCC2)NC2CCCCC2)CC1. The second-order valence-electron chi connectivity index (χ2n) is 7.51. The predicted octanol–water partition coefficient (Wildman–Crippen LogP) is 2.84. The van der Waals surface area contributed by atoms with Gasteiger partial charge in [-0.2, -0.15) is 0 Å². The monoisotopic (exact) mass is 306 g/mol. The Morgan fingerprint density at radius 1 is 0.818 bits per heavy atom. The predicted molar refractivity (Wildman–Crippen MR) is 93.4 cm³/mol. The third-order valence-corrected chi connectivity index (χ3v) is 5.62. The Morgan fingerprint density at radius 3 is 2.05 bits per heavy atom. The number of rotatable bonds is 2. The second kappa shape index (κ2) is 8.19. The number of nitrogens with zero attached hydrogens (tertiary/aromatic N) is 3. The first-order chi connectivity index (χ1) is 10.8. The summed E-state index contributed by atoms with van der Waals surface area (Å²) in [7, 11) is 2.23. The normalized spacial score (nSPS) is 27.1. The molecule has 2 aliphatic carbocycles. The van der Waals surface area contributed by atoms with Gasteiger partial charge in [-0.05, 0) is 32.7 Å². The van der Waals surface area contributed by atoms with Gasteiger partial charge in [-0.25, -0.2) is 4.99 Å². The molecule has 1 aliphatic heterocycles. The number of guanidine groups is 1. The Kier molecular flexibility index (Phi) is 5.99. The van der Waals surface area contributed by atoms with Crippen molar-refractivity contribution in [2.75, 3.05) is 33.2 Å². The molecule has 3 aliphatic rings. The molecule has 4 nitrogen and oxygen atoms in total. The van der Waals surface area contributed by atoms with Crippen LogP contribution in [0, 0.1) is 0 Å². The van der Waals surface area contributed by atoms with E-state index in [2.05, 4.69) is 22.2 Å². The Labute approximate surface area is 136 Å². The van der Waals surface area contributed by atoms with E-state index < -0.39 is 0 Å². The quantitative estimate of drug-likeness (QED) is 0.629. The summed E-state index contributed by atoms with van der Waals surface area (Å²) >= 11 is 0. The van der Waals surface area contributed by atoms with E-state index in [1.807, 2.05) is 0 Å². The Hall–Kier alpha value is -0.770. The van der Waals surface area contributed by atoms with Gasteiger partial charge >= 0.3 is 0 Å². The zero-order valence-corrected chi connectivity index (χ0v) is 14.4. The fraction of sp³-hybridized carbons (Fsp3) is 0.944. The summed E-state index contributed by atoms with van der Waals surface area (Å²) in [6, 6.07) is 1.23. The lowest BCUT2D eigenvalue weighted by atomic mass is 9.95. The van der Waals surface area contributed by atoms with E-state index in [1.165, 1.54) is 70.2 Å². The van der Waals surface area contributed by atoms with Gasteiger partial charge in [0, 0.05) is 32.2 Å². The van der Waals surface area contributed by atoms with Gasteiger partial charge in [0.15, 0.2) is 5.96 Å². The molecule has 3 rings (SSSR count). The van der Waals surface area contributed by atoms with Crippen LogP contribution in [0.15, 0.2) is 4.99 Å². The van der Waals surface area contributed by atoms with E-state index in [4.69, 9.17) is 4.99 Å². The Balaban J connectivity index is 1.64. The summed E-state index contributed by atoms with van der Waals surface area (Å²) in [5.74, 6) is 1.23. The molecule has 0 bridgehead atoms. The summed E-state index contributed by atoms with van der Waals surface area (Å²) in [5.41, 5.74) is 0. The highest BCUT2D eigenvalue weighted by molar-refractivity contribution is 5.80. The molecule has 1 N–H and O–H groups in total. The minimum absolute atomic E-state index is 0.569. The first-order valence-corrected chi connectivity index (χ1v) is 9.59. The van der Waals surface area contributed by atoms with Crippen LogP contribution in [0.5, 0.6) is 0 Å². The molecule has 0 unspecified atom stereocenters. The number of hydrogen-bond acceptors (Lipinski definition) is 2. The van der Waals surface area contributed by atoms with E-state index in [9.17, 15) is 0 Å². The number of aliphatic imine (C=N–C) groups is 1. The van der Waals surface area contributed by atoms with Crippen molar-refractivity contribution in [3.05, 3.63) is 0 Å². The highest BCUT2D eigenvalue weighted by Crippen LogP contribution is 2.22. The number of likely N-dealkylation sites (N-methyl/N-ethyl adjacent to an activating group) is 1. The molecule has 0 aromatic carbocycles. The molecule has 0 aromatic rings. The largest absolute Gasteiger partial charge is 0.353 e. The molecule has 3 fully saturated rings. The van der Waals surface area contributed by atoms with Gasteiger partial charge in [-0.15, -0.1) is 0 Å². The van der Waals surface area contributed by atoms with Gasteiger partial charge in [0.05, 0.1) is 6.04 Å². The maximum Gasteiger partial charge on any atom is 0.194 e. The lowest BCUT2D eigenvalue weighted by Crippen LogP contribution is -2.54. The summed E-state index contributed by atoms with van der Waals surface area (Å²) in [5, 5.41) is 3.85. The fourth-order valence-electron chi connectivity index (χ4n) is 4.04. The van der Waals surface area contributed by atoms with Gasteiger partial charge in [-0.3, -0.25) is 0 Å². The van der Waals surface area contributed by atoms with Crippen LogP contribution in [0.2, 0.25) is 0 Å². The number of piperazine rings is 1. The van der Waals surface area contributed by atoms with Crippen molar-refractivity contribution in [1.29, 1.82) is 0 Å². The fourth-order valence-corrected chi connectivity index (χ4v) is 4.04. The third kappa shape index (κ3) is 4.61. The van der Waals surface area contributed by atoms with Crippen molar-refractivity contribution >= 4 is 5.96 Å². The van der Waals surface area contributed by atoms with Crippen molar-refractivity contribution in [3.63, 3.8) is 0 Å². The molecule has 126 valence electrons. The smallest absolute Gasteiger partial charge is 0.194 e. The summed E-state index contributed by atoms with van der Waals surface area (Å²) in [4.78, 5) is 10.1. The minimum atomic E-state index is 0.569. The maximum atomic E-state index is 5.19. The second-order valence-corrected chi connectivity index (χ2v) is 7.51. The zero-order valence-electron chi connectivity index (χ0n) is 14.4. The number of nitrogens with one attached hydrogen (secondary N) is 1. The zero-order chi connectivity index (χ0) is 15.2. The Bertz CT molecular complexity index is 348. The molecular weight excluding hydrogens is 272 g/mol. The molecule has 4 heteroatoms. The molecule has 0 amide bonds. The molecule has 0 aromatic heterocycles. The molecule has 0 atom stereocenters. The first-order valence-electron chi connectivity index (χ1n) is 9.59. The number of hydrogen-bond donors (Lipinski definition) is 1. The lowest BCUT2D eigenvalue weighted by Gasteiger charge is -2.37. The third-order valence-electron chi connectivity index (χ3n) is 5.62. The Morgan fingerprint density at radius 2 is 1.41 bits per heavy atom. The van der Waals surface area contributed by atoms with Crippen LogP contribution in [0.4, 0.5) is 0 Å². The maximum absolute atomic E-state index is 5.19. The first kappa shape index (κ1) is 16.1. The molecule has 1 heterocycles. The summed E-state index contributed by atoms with van der Waals surface area (Å²) in [6.45, 7) is 4.58. The molecular formula is C18H34N4. The highest BCUT2D eigenvalue weighted by atomic mass is 15.3. The topological polar surface area (TPSA) is 30.9 Å². The van der Waals surface area contributed by atoms with Crippen molar-refractivity contribution < 1.29 is 0 Å². The van der Waals surface area contributed by atoms with Gasteiger partial charge in [0.25, 0.3) is 0 Å². The van der Waals surface area contributed by atoms with Gasteiger partial charge < -0.3 is 15.1 Å². The van der Waals surface area contributed by atoms with Crippen molar-refractivity contribution in [2.45, 2.75) is 76.3 Å². The van der Waals surface area contributed by atoms with E-state index in [0.717, 1.165) is 26.2 Å². The van der Waals surface area contributed by atoms with Crippen LogP contribution in [0.3, 0.4) is 0 Å². The van der Waals surface area contributed by atoms with Gasteiger partial charge in [0.2, 0.25) is 0 Å². The molecule has 2 saturated carbocycles. The van der Waals surface area contributed by atoms with Crippen molar-refractivity contribution in [1.82, 2.24) is 15.1 Å². The highest BCUT2D eigenvalue weighted by Gasteiger charge is 2.23. The average molecular weight is 306 g/mol. The van der Waals surface area contributed by atoms with Crippen LogP contribution < -0.4 is 5.32 Å². The van der Waals surface area contributed by atoms with E-state index in [0.29, 0.717) is 12.1 Å². The van der Waals surface area contributed by atoms with Crippen LogP contribution in [-0.4, -0.2) is 61.1 Å². The van der Waals surface area contributed by atoms with Crippen LogP contribution in [0.1, 0.15) is 64.2 Å². The average Bonchev–Trinajstić information content (AvgIpc) is 2.57. The summed E-state index contributed by atoms with van der Waals surface area (Å²) < 4.78 is 0. The molecule has 22 heavy (non-hydrogen) atoms. The van der Waals surface area contributed by atoms with Gasteiger partial charge in [-0.1, -0.05) is 38.5 Å². The molecule has 0 spiro atoms. The van der Waals surface area contributed by atoms with Crippen molar-refractivity contribution in [2.24, 2.45) is 4.99 Å². The minimum Gasteiger partial charge on any atom is -0.353 e. The van der Waals surface area contributed by atoms with Crippen LogP contribution in [0.25, 0.3) is 0 Å². The lowest BCUT2D eigenvalue weighted by molar-refractivity contribution is 0.207. The van der Waals surface area contributed by atoms with Gasteiger partial charge in [0.1, 0.15) is 0 Å². The molecule has 0 radical (unpaired) electrons. The van der Waals surface area contributed by atoms with Crippen LogP contribution in [-0.2, 0) is 0 Å². The van der Waals surface area contributed by atoms with E-state index in [-0.39, 0.29) is 0 Å². The standard InChI is InChI=1S/C18H34N4/c1-21-12-14-22(15-13-21)18(19-16-8-4-2-5-9-16)20-17-10-6-3-7-11-17/h16-17H,2-15H2,1H3,(H,19,20). The summed E-state index contributed by atoms with van der Waals surface area (Å²) in [6.07, 6.45) is 13.6. The van der Waals surface area contributed by atoms with E-state index in [1.54, 1.807) is 0 Å².